The maximum atomic E-state index is 12.8. The molecule has 2 heterocycles. The van der Waals surface area contributed by atoms with E-state index in [4.69, 9.17) is 0 Å². The van der Waals surface area contributed by atoms with E-state index in [1.807, 2.05) is 30.3 Å². The van der Waals surface area contributed by atoms with E-state index in [0.29, 0.717) is 34.9 Å². The van der Waals surface area contributed by atoms with Crippen LogP contribution in [0.15, 0.2) is 77.7 Å². The molecular formula is C23H20N6O3. The summed E-state index contributed by atoms with van der Waals surface area (Å²) in [4.78, 5) is 36.5. The SMILES string of the molecule is Cc1c(C(=O)Nc2cccc(C(=O)NCc3ccccc3)c2)cnn1-c1ccc(=O)[nH]n1. The van der Waals surface area contributed by atoms with Crippen LogP contribution in [0.5, 0.6) is 0 Å². The Labute approximate surface area is 183 Å². The zero-order chi connectivity index (χ0) is 22.5. The quantitative estimate of drug-likeness (QED) is 0.435. The zero-order valence-corrected chi connectivity index (χ0v) is 17.2. The highest BCUT2D eigenvalue weighted by Crippen LogP contribution is 2.16. The van der Waals surface area contributed by atoms with Gasteiger partial charge >= 0.3 is 0 Å². The van der Waals surface area contributed by atoms with Gasteiger partial charge in [-0.2, -0.15) is 10.2 Å². The van der Waals surface area contributed by atoms with Gasteiger partial charge in [0.25, 0.3) is 17.4 Å². The molecule has 0 saturated carbocycles. The number of rotatable bonds is 6. The molecule has 4 aromatic rings. The molecular weight excluding hydrogens is 408 g/mol. The number of anilines is 1. The highest BCUT2D eigenvalue weighted by atomic mass is 16.2. The Kier molecular flexibility index (Phi) is 5.89. The molecule has 9 heteroatoms. The van der Waals surface area contributed by atoms with Crippen LogP contribution in [0.2, 0.25) is 0 Å². The third kappa shape index (κ3) is 4.62. The molecule has 9 nitrogen and oxygen atoms in total. The van der Waals surface area contributed by atoms with Gasteiger partial charge in [0.2, 0.25) is 0 Å². The number of benzene rings is 2. The second kappa shape index (κ2) is 9.09. The van der Waals surface area contributed by atoms with Crippen LogP contribution in [0.4, 0.5) is 5.69 Å². The van der Waals surface area contributed by atoms with Crippen molar-refractivity contribution in [1.82, 2.24) is 25.3 Å². The van der Waals surface area contributed by atoms with Crippen molar-refractivity contribution in [2.24, 2.45) is 0 Å². The fourth-order valence-corrected chi connectivity index (χ4v) is 3.14. The number of hydrogen-bond donors (Lipinski definition) is 3. The summed E-state index contributed by atoms with van der Waals surface area (Å²) in [6.07, 6.45) is 1.42. The van der Waals surface area contributed by atoms with Crippen molar-refractivity contribution in [3.05, 3.63) is 106 Å². The van der Waals surface area contributed by atoms with Crippen molar-refractivity contribution < 1.29 is 9.59 Å². The first-order valence-corrected chi connectivity index (χ1v) is 9.85. The second-order valence-electron chi connectivity index (χ2n) is 7.04. The highest BCUT2D eigenvalue weighted by Gasteiger charge is 2.16. The number of nitrogens with zero attached hydrogens (tertiary/aromatic N) is 3. The topological polar surface area (TPSA) is 122 Å². The molecule has 0 bridgehead atoms. The summed E-state index contributed by atoms with van der Waals surface area (Å²) in [5.74, 6) is -0.226. The van der Waals surface area contributed by atoms with Gasteiger partial charge in [0, 0.05) is 23.9 Å². The fourth-order valence-electron chi connectivity index (χ4n) is 3.14. The van der Waals surface area contributed by atoms with Gasteiger partial charge in [-0.05, 0) is 36.8 Å². The van der Waals surface area contributed by atoms with Gasteiger partial charge in [-0.3, -0.25) is 14.4 Å². The Morgan fingerprint density at radius 1 is 1.00 bits per heavy atom. The number of aromatic nitrogens is 4. The van der Waals surface area contributed by atoms with Crippen LogP contribution in [-0.4, -0.2) is 31.8 Å². The summed E-state index contributed by atoms with van der Waals surface area (Å²) in [6.45, 7) is 2.13. The van der Waals surface area contributed by atoms with Crippen molar-refractivity contribution >= 4 is 17.5 Å². The van der Waals surface area contributed by atoms with Crippen molar-refractivity contribution in [2.75, 3.05) is 5.32 Å². The minimum atomic E-state index is -0.375. The second-order valence-corrected chi connectivity index (χ2v) is 7.04. The van der Waals surface area contributed by atoms with E-state index in [1.54, 1.807) is 31.2 Å². The minimum Gasteiger partial charge on any atom is -0.348 e. The molecule has 0 saturated heterocycles. The van der Waals surface area contributed by atoms with Crippen molar-refractivity contribution in [2.45, 2.75) is 13.5 Å². The smallest absolute Gasteiger partial charge is 0.264 e. The summed E-state index contributed by atoms with van der Waals surface area (Å²) in [5, 5.41) is 16.1. The van der Waals surface area contributed by atoms with E-state index in [9.17, 15) is 14.4 Å². The molecule has 0 atom stereocenters. The van der Waals surface area contributed by atoms with Gasteiger partial charge in [0.05, 0.1) is 17.5 Å². The van der Waals surface area contributed by atoms with Gasteiger partial charge < -0.3 is 10.6 Å². The van der Waals surface area contributed by atoms with Crippen molar-refractivity contribution in [1.29, 1.82) is 0 Å². The molecule has 4 rings (SSSR count). The van der Waals surface area contributed by atoms with Crippen molar-refractivity contribution in [3.8, 4) is 5.82 Å². The number of carbonyl (C=O) groups is 2. The normalized spacial score (nSPS) is 10.5. The molecule has 0 aliphatic rings. The van der Waals surface area contributed by atoms with E-state index < -0.39 is 0 Å². The Morgan fingerprint density at radius 3 is 2.56 bits per heavy atom. The van der Waals surface area contributed by atoms with Crippen LogP contribution in [0.1, 0.15) is 32.0 Å². The number of aromatic amines is 1. The summed E-state index contributed by atoms with van der Waals surface area (Å²) in [7, 11) is 0. The van der Waals surface area contributed by atoms with Gasteiger partial charge in [-0.15, -0.1) is 0 Å². The van der Waals surface area contributed by atoms with Crippen LogP contribution in [0.25, 0.3) is 5.82 Å². The monoisotopic (exact) mass is 428 g/mol. The first kappa shape index (κ1) is 20.7. The molecule has 3 N–H and O–H groups in total. The zero-order valence-electron chi connectivity index (χ0n) is 17.2. The minimum absolute atomic E-state index is 0.238. The summed E-state index contributed by atoms with van der Waals surface area (Å²) in [6, 6.07) is 19.1. The number of hydrogen-bond acceptors (Lipinski definition) is 5. The Balaban J connectivity index is 1.45. The molecule has 32 heavy (non-hydrogen) atoms. The van der Waals surface area contributed by atoms with E-state index in [2.05, 4.69) is 25.9 Å². The number of nitrogens with one attached hydrogen (secondary N) is 3. The van der Waals surface area contributed by atoms with Crippen LogP contribution in [-0.2, 0) is 6.54 Å². The average molecular weight is 428 g/mol. The number of carbonyl (C=O) groups excluding carboxylic acids is 2. The van der Waals surface area contributed by atoms with Gasteiger partial charge in [-0.25, -0.2) is 9.78 Å². The molecule has 160 valence electrons. The summed E-state index contributed by atoms with van der Waals surface area (Å²) < 4.78 is 1.46. The van der Waals surface area contributed by atoms with E-state index in [0.717, 1.165) is 5.56 Å². The molecule has 2 aromatic heterocycles. The molecule has 2 amide bonds. The number of H-pyrrole nitrogens is 1. The van der Waals surface area contributed by atoms with E-state index in [-0.39, 0.29) is 17.4 Å². The standard InChI is InChI=1S/C23H20N6O3/c1-15-19(14-25-29(15)20-10-11-21(30)28-27-20)23(32)26-18-9-5-8-17(12-18)22(31)24-13-16-6-3-2-4-7-16/h2-12,14H,13H2,1H3,(H,24,31)(H,26,32)(H,28,30). The van der Waals surface area contributed by atoms with Crippen LogP contribution < -0.4 is 16.2 Å². The fraction of sp³-hybridized carbons (Fsp3) is 0.0870. The third-order valence-corrected chi connectivity index (χ3v) is 4.81. The third-order valence-electron chi connectivity index (χ3n) is 4.81. The Hall–Kier alpha value is -4.53. The lowest BCUT2D eigenvalue weighted by molar-refractivity contribution is 0.0949. The molecule has 0 radical (unpaired) electrons. The highest BCUT2D eigenvalue weighted by molar-refractivity contribution is 6.05. The number of amides is 2. The van der Waals surface area contributed by atoms with Gasteiger partial charge in [0.1, 0.15) is 0 Å². The predicted octanol–water partition coefficient (Wildman–Crippen LogP) is 2.45. The molecule has 0 fully saturated rings. The average Bonchev–Trinajstić information content (AvgIpc) is 3.20. The van der Waals surface area contributed by atoms with Gasteiger partial charge in [-0.1, -0.05) is 36.4 Å². The van der Waals surface area contributed by atoms with Crippen LogP contribution in [0.3, 0.4) is 0 Å². The van der Waals surface area contributed by atoms with E-state index in [1.165, 1.54) is 23.0 Å². The molecule has 0 unspecified atom stereocenters. The Morgan fingerprint density at radius 2 is 1.81 bits per heavy atom. The molecule has 2 aromatic carbocycles. The summed E-state index contributed by atoms with van der Waals surface area (Å²) in [5.41, 5.74) is 2.48. The predicted molar refractivity (Wildman–Crippen MR) is 119 cm³/mol. The van der Waals surface area contributed by atoms with Crippen LogP contribution >= 0.6 is 0 Å². The maximum Gasteiger partial charge on any atom is 0.264 e. The lowest BCUT2D eigenvalue weighted by Crippen LogP contribution is -2.23. The van der Waals surface area contributed by atoms with Gasteiger partial charge in [0.15, 0.2) is 5.82 Å². The largest absolute Gasteiger partial charge is 0.348 e. The first-order chi connectivity index (χ1) is 15.5. The van der Waals surface area contributed by atoms with Crippen molar-refractivity contribution in [3.63, 3.8) is 0 Å². The molecule has 0 spiro atoms. The molecule has 0 aliphatic carbocycles. The van der Waals surface area contributed by atoms with Crippen LogP contribution in [0, 0.1) is 6.92 Å². The lowest BCUT2D eigenvalue weighted by Gasteiger charge is -2.09. The Bertz CT molecular complexity index is 1310. The van der Waals surface area contributed by atoms with E-state index >= 15 is 0 Å². The maximum absolute atomic E-state index is 12.8. The lowest BCUT2D eigenvalue weighted by atomic mass is 10.1. The molecule has 0 aliphatic heterocycles. The summed E-state index contributed by atoms with van der Waals surface area (Å²) >= 11 is 0. The first-order valence-electron chi connectivity index (χ1n) is 9.85.